The predicted molar refractivity (Wildman–Crippen MR) is 113 cm³/mol. The van der Waals surface area contributed by atoms with Gasteiger partial charge in [-0.1, -0.05) is 11.6 Å². The van der Waals surface area contributed by atoms with Crippen LogP contribution in [0.2, 0.25) is 5.02 Å². The van der Waals surface area contributed by atoms with Gasteiger partial charge in [-0.25, -0.2) is 14.4 Å². The van der Waals surface area contributed by atoms with Gasteiger partial charge in [0, 0.05) is 23.2 Å². The molecule has 3 heterocycles. The third kappa shape index (κ3) is 3.96. The van der Waals surface area contributed by atoms with Crippen molar-refractivity contribution in [2.75, 3.05) is 11.9 Å². The van der Waals surface area contributed by atoms with Crippen molar-refractivity contribution in [2.45, 2.75) is 6.18 Å². The molecule has 0 amide bonds. The Bertz CT molecular complexity index is 1450. The lowest BCUT2D eigenvalue weighted by atomic mass is 10.2. The molecule has 0 aliphatic carbocycles. The summed E-state index contributed by atoms with van der Waals surface area (Å²) in [5.41, 5.74) is -0.303. The molecule has 2 N–H and O–H groups in total. The van der Waals surface area contributed by atoms with E-state index in [0.29, 0.717) is 12.2 Å². The molecule has 2 aromatic heterocycles. The fourth-order valence-corrected chi connectivity index (χ4v) is 4.07. The molecule has 0 fully saturated rings. The summed E-state index contributed by atoms with van der Waals surface area (Å²) in [4.78, 5) is 12.5. The first-order valence-electron chi connectivity index (χ1n) is 9.17. The maximum atomic E-state index is 14.6. The molecule has 0 atom stereocenters. The summed E-state index contributed by atoms with van der Waals surface area (Å²) < 4.78 is 58.7. The van der Waals surface area contributed by atoms with Crippen molar-refractivity contribution in [1.29, 1.82) is 0 Å². The summed E-state index contributed by atoms with van der Waals surface area (Å²) in [6.07, 6.45) is 0.822. The summed E-state index contributed by atoms with van der Waals surface area (Å²) in [6.45, 7) is 0.439. The van der Waals surface area contributed by atoms with Gasteiger partial charge in [0.05, 0.1) is 33.4 Å². The lowest BCUT2D eigenvalue weighted by Gasteiger charge is -2.20. The average molecular weight is 482 g/mol. The molecule has 12 heteroatoms. The number of anilines is 2. The van der Waals surface area contributed by atoms with Crippen LogP contribution in [0, 0.1) is 5.82 Å². The largest absolute Gasteiger partial charge is 0.416 e. The molecule has 0 radical (unpaired) electrons. The first-order valence-corrected chi connectivity index (χ1v) is 10.3. The van der Waals surface area contributed by atoms with Crippen LogP contribution in [0.4, 0.5) is 29.2 Å². The number of rotatable bonds is 4. The molecule has 0 saturated heterocycles. The minimum absolute atomic E-state index is 0.00862. The minimum Gasteiger partial charge on any atom is -0.377 e. The maximum Gasteiger partial charge on any atom is 0.416 e. The van der Waals surface area contributed by atoms with Crippen molar-refractivity contribution in [3.63, 3.8) is 0 Å². The van der Waals surface area contributed by atoms with Crippen LogP contribution >= 0.6 is 23.1 Å². The number of nitrogens with one attached hydrogen (secondary N) is 2. The third-order valence-electron chi connectivity index (χ3n) is 4.64. The molecule has 2 aromatic carbocycles. The van der Waals surface area contributed by atoms with Gasteiger partial charge in [-0.2, -0.15) is 17.5 Å². The fourth-order valence-electron chi connectivity index (χ4n) is 3.17. The quantitative estimate of drug-likeness (QED) is 0.423. The molecule has 0 unspecified atom stereocenters. The highest BCUT2D eigenvalue weighted by molar-refractivity contribution is 7.03. The zero-order valence-corrected chi connectivity index (χ0v) is 17.4. The molecule has 1 aliphatic rings. The van der Waals surface area contributed by atoms with Crippen molar-refractivity contribution < 1.29 is 22.4 Å². The number of H-pyrrole nitrogens is 1. The molecule has 1 aliphatic heterocycles. The Hall–Kier alpha value is -3.31. The van der Waals surface area contributed by atoms with Gasteiger partial charge in [-0.15, -0.1) is 0 Å². The number of benzene rings is 2. The van der Waals surface area contributed by atoms with Crippen LogP contribution in [0.5, 0.6) is 5.75 Å². The molecule has 0 spiro atoms. The van der Waals surface area contributed by atoms with E-state index in [1.807, 2.05) is 6.08 Å². The van der Waals surface area contributed by atoms with Crippen molar-refractivity contribution in [1.82, 2.24) is 19.4 Å². The second-order valence-electron chi connectivity index (χ2n) is 6.88. The van der Waals surface area contributed by atoms with E-state index in [2.05, 4.69) is 19.7 Å². The van der Waals surface area contributed by atoms with Gasteiger partial charge in [0.2, 0.25) is 5.95 Å². The molecule has 5 rings (SSSR count). The van der Waals surface area contributed by atoms with Crippen LogP contribution in [-0.2, 0) is 6.18 Å². The van der Waals surface area contributed by atoms with Gasteiger partial charge in [0.15, 0.2) is 11.6 Å². The molecule has 0 bridgehead atoms. The molecular weight excluding hydrogens is 470 g/mol. The summed E-state index contributed by atoms with van der Waals surface area (Å²) >= 11 is 7.32. The first-order chi connectivity index (χ1) is 15.3. The number of alkyl halides is 3. The Kier molecular flexibility index (Phi) is 4.94. The smallest absolute Gasteiger partial charge is 0.377 e. The number of nitrogens with zero attached hydrogens (tertiary/aromatic N) is 3. The van der Waals surface area contributed by atoms with E-state index < -0.39 is 17.6 Å². The Morgan fingerprint density at radius 2 is 2.06 bits per heavy atom. The van der Waals surface area contributed by atoms with Crippen LogP contribution in [0.25, 0.3) is 23.3 Å². The van der Waals surface area contributed by atoms with Crippen LogP contribution in [0.3, 0.4) is 0 Å². The summed E-state index contributed by atoms with van der Waals surface area (Å²) in [5.74, 6) is -0.508. The Morgan fingerprint density at radius 1 is 1.22 bits per heavy atom. The van der Waals surface area contributed by atoms with E-state index in [9.17, 15) is 17.6 Å². The number of imidazole rings is 1. The number of halogens is 5. The second-order valence-corrected chi connectivity index (χ2v) is 8.12. The van der Waals surface area contributed by atoms with E-state index in [-0.39, 0.29) is 27.8 Å². The Morgan fingerprint density at radius 3 is 2.84 bits per heavy atom. The van der Waals surface area contributed by atoms with Gasteiger partial charge in [0.25, 0.3) is 0 Å². The molecule has 0 saturated carbocycles. The standard InChI is InChI=1S/C20H12ClF4N5OS/c21-13-5-11(20(23,24)25)6-15-18(13)29-19(28-15)27-12-1-2-16(14(22)7-12)31-30-4-3-17-10(9-30)8-26-32-17/h1-3,5-9H,4H2,(H2,27,28,29). The van der Waals surface area contributed by atoms with Gasteiger partial charge in [-0.05, 0) is 41.9 Å². The third-order valence-corrected chi connectivity index (χ3v) is 5.74. The molecule has 164 valence electrons. The molecular formula is C20H12ClF4N5OS. The van der Waals surface area contributed by atoms with Crippen LogP contribution in [0.1, 0.15) is 5.56 Å². The van der Waals surface area contributed by atoms with E-state index in [1.54, 1.807) is 18.5 Å². The molecule has 4 aromatic rings. The number of aromatic nitrogens is 3. The number of hydroxylamine groups is 2. The topological polar surface area (TPSA) is 66.1 Å². The summed E-state index contributed by atoms with van der Waals surface area (Å²) in [6, 6.07) is 5.91. The number of hydrogen-bond acceptors (Lipinski definition) is 6. The predicted octanol–water partition coefficient (Wildman–Crippen LogP) is 4.40. The molecule has 6 nitrogen and oxygen atoms in total. The van der Waals surface area contributed by atoms with E-state index in [1.165, 1.54) is 28.7 Å². The first kappa shape index (κ1) is 20.6. The average Bonchev–Trinajstić information content (AvgIpc) is 3.35. The van der Waals surface area contributed by atoms with Crippen LogP contribution < -0.4 is 19.9 Å². The highest BCUT2D eigenvalue weighted by Crippen LogP contribution is 2.35. The van der Waals surface area contributed by atoms with Crippen molar-refractivity contribution in [2.24, 2.45) is 0 Å². The Balaban J connectivity index is 1.35. The SMILES string of the molecule is Fc1cc(Nc2nc3c(Cl)cc(C(F)(F)F)cc3[nH]2)ccc1ON1C=c2cnsc2=CC1. The zero-order valence-electron chi connectivity index (χ0n) is 15.9. The highest BCUT2D eigenvalue weighted by Gasteiger charge is 2.31. The van der Waals surface area contributed by atoms with Crippen LogP contribution in [-0.4, -0.2) is 25.9 Å². The van der Waals surface area contributed by atoms with Gasteiger partial charge < -0.3 is 15.1 Å². The van der Waals surface area contributed by atoms with E-state index in [4.69, 9.17) is 16.4 Å². The minimum atomic E-state index is -4.54. The second kappa shape index (κ2) is 7.68. The van der Waals surface area contributed by atoms with Crippen molar-refractivity contribution in [3.05, 3.63) is 62.7 Å². The lowest BCUT2D eigenvalue weighted by Crippen LogP contribution is -2.34. The fraction of sp³-hybridized carbons (Fsp3) is 0.100. The summed E-state index contributed by atoms with van der Waals surface area (Å²) in [5, 5.41) is 5.05. The van der Waals surface area contributed by atoms with Crippen LogP contribution in [0.15, 0.2) is 36.5 Å². The lowest BCUT2D eigenvalue weighted by molar-refractivity contribution is -0.137. The van der Waals surface area contributed by atoms with Crippen molar-refractivity contribution >= 4 is 58.1 Å². The van der Waals surface area contributed by atoms with E-state index >= 15 is 0 Å². The number of fused-ring (bicyclic) bond motifs is 2. The van der Waals surface area contributed by atoms with E-state index in [0.717, 1.165) is 21.9 Å². The monoisotopic (exact) mass is 481 g/mol. The highest BCUT2D eigenvalue weighted by atomic mass is 35.5. The maximum absolute atomic E-state index is 14.6. The van der Waals surface area contributed by atoms with Gasteiger partial charge in [0.1, 0.15) is 5.52 Å². The van der Waals surface area contributed by atoms with Gasteiger partial charge >= 0.3 is 6.18 Å². The van der Waals surface area contributed by atoms with Gasteiger partial charge in [-0.3, -0.25) is 0 Å². The Labute approximate surface area is 186 Å². The summed E-state index contributed by atoms with van der Waals surface area (Å²) in [7, 11) is 0. The molecule has 32 heavy (non-hydrogen) atoms. The number of hydrogen-bond donors (Lipinski definition) is 2. The van der Waals surface area contributed by atoms with Crippen molar-refractivity contribution in [3.8, 4) is 5.75 Å². The zero-order chi connectivity index (χ0) is 22.5. The normalized spacial score (nSPS) is 13.5. The number of aromatic amines is 1.